The fourth-order valence-electron chi connectivity index (χ4n) is 2.67. The van der Waals surface area contributed by atoms with E-state index in [0.29, 0.717) is 11.4 Å². The van der Waals surface area contributed by atoms with Gasteiger partial charge < -0.3 is 5.32 Å². The van der Waals surface area contributed by atoms with Gasteiger partial charge in [-0.05, 0) is 25.5 Å². The standard InChI is InChI=1S/C15H16ClN3O/c1-9(2)19-15-12(8-17-19)11(7-14(20)18-15)10-5-3-4-6-13(10)16/h3-6,8-9,11H,7H2,1-2H3,(H,18,20)/t11-/m0/s1. The summed E-state index contributed by atoms with van der Waals surface area (Å²) in [6, 6.07) is 7.87. The van der Waals surface area contributed by atoms with Crippen molar-refractivity contribution in [1.82, 2.24) is 9.78 Å². The molecule has 104 valence electrons. The molecule has 1 amide bonds. The van der Waals surface area contributed by atoms with Crippen LogP contribution in [-0.4, -0.2) is 15.7 Å². The third kappa shape index (κ3) is 2.10. The van der Waals surface area contributed by atoms with Gasteiger partial charge in [0.15, 0.2) is 0 Å². The Hall–Kier alpha value is -1.81. The maximum absolute atomic E-state index is 12.0. The second kappa shape index (κ2) is 4.94. The van der Waals surface area contributed by atoms with Crippen molar-refractivity contribution in [2.75, 3.05) is 5.32 Å². The molecule has 0 fully saturated rings. The molecule has 0 radical (unpaired) electrons. The Labute approximate surface area is 122 Å². The molecule has 2 heterocycles. The van der Waals surface area contributed by atoms with E-state index in [1.807, 2.05) is 49.0 Å². The number of anilines is 1. The quantitative estimate of drug-likeness (QED) is 0.918. The number of aromatic nitrogens is 2. The first-order chi connectivity index (χ1) is 9.58. The predicted molar refractivity (Wildman–Crippen MR) is 79.2 cm³/mol. The number of halogens is 1. The Morgan fingerprint density at radius 3 is 2.80 bits per heavy atom. The lowest BCUT2D eigenvalue weighted by Gasteiger charge is -2.25. The van der Waals surface area contributed by atoms with E-state index in [9.17, 15) is 4.79 Å². The summed E-state index contributed by atoms with van der Waals surface area (Å²) < 4.78 is 1.84. The molecule has 1 aliphatic heterocycles. The largest absolute Gasteiger partial charge is 0.311 e. The zero-order valence-electron chi connectivity index (χ0n) is 11.4. The molecule has 0 unspecified atom stereocenters. The number of hydrogen-bond acceptors (Lipinski definition) is 2. The highest BCUT2D eigenvalue weighted by Gasteiger charge is 2.31. The van der Waals surface area contributed by atoms with Gasteiger partial charge in [-0.15, -0.1) is 0 Å². The van der Waals surface area contributed by atoms with E-state index in [1.165, 1.54) is 0 Å². The Kier molecular flexibility index (Phi) is 3.26. The zero-order chi connectivity index (χ0) is 14.3. The van der Waals surface area contributed by atoms with Crippen LogP contribution in [0.3, 0.4) is 0 Å². The topological polar surface area (TPSA) is 46.9 Å². The van der Waals surface area contributed by atoms with Crippen LogP contribution >= 0.6 is 11.6 Å². The van der Waals surface area contributed by atoms with Crippen LogP contribution in [-0.2, 0) is 4.79 Å². The zero-order valence-corrected chi connectivity index (χ0v) is 12.2. The van der Waals surface area contributed by atoms with Crippen molar-refractivity contribution in [3.63, 3.8) is 0 Å². The summed E-state index contributed by atoms with van der Waals surface area (Å²) in [5, 5.41) is 8.01. The van der Waals surface area contributed by atoms with E-state index in [-0.39, 0.29) is 17.9 Å². The molecule has 1 atom stereocenters. The first kappa shape index (κ1) is 13.2. The average Bonchev–Trinajstić information content (AvgIpc) is 2.82. The molecule has 0 saturated heterocycles. The van der Waals surface area contributed by atoms with Crippen LogP contribution < -0.4 is 5.32 Å². The smallest absolute Gasteiger partial charge is 0.226 e. The van der Waals surface area contributed by atoms with Gasteiger partial charge in [-0.1, -0.05) is 29.8 Å². The number of carbonyl (C=O) groups excluding carboxylic acids is 1. The number of benzene rings is 1. The third-order valence-corrected chi connectivity index (χ3v) is 3.96. The molecule has 0 spiro atoms. The minimum atomic E-state index is -0.0278. The maximum Gasteiger partial charge on any atom is 0.226 e. The average molecular weight is 290 g/mol. The Bertz CT molecular complexity index is 663. The molecule has 20 heavy (non-hydrogen) atoms. The molecular formula is C15H16ClN3O. The van der Waals surface area contributed by atoms with E-state index in [0.717, 1.165) is 16.9 Å². The van der Waals surface area contributed by atoms with Crippen molar-refractivity contribution >= 4 is 23.3 Å². The molecule has 1 aliphatic rings. The SMILES string of the molecule is CC(C)n1ncc2c1NC(=O)C[C@H]2c1ccccc1Cl. The van der Waals surface area contributed by atoms with Crippen LogP contribution in [0.4, 0.5) is 5.82 Å². The molecule has 4 nitrogen and oxygen atoms in total. The van der Waals surface area contributed by atoms with Crippen LogP contribution in [0.5, 0.6) is 0 Å². The van der Waals surface area contributed by atoms with Crippen molar-refractivity contribution in [1.29, 1.82) is 0 Å². The van der Waals surface area contributed by atoms with Gasteiger partial charge in [0.05, 0.1) is 6.20 Å². The van der Waals surface area contributed by atoms with Crippen LogP contribution in [0, 0.1) is 0 Å². The number of amides is 1. The highest BCUT2D eigenvalue weighted by atomic mass is 35.5. The highest BCUT2D eigenvalue weighted by Crippen LogP contribution is 2.40. The van der Waals surface area contributed by atoms with Crippen molar-refractivity contribution in [2.24, 2.45) is 0 Å². The van der Waals surface area contributed by atoms with Gasteiger partial charge in [-0.3, -0.25) is 4.79 Å². The van der Waals surface area contributed by atoms with Gasteiger partial charge in [0.2, 0.25) is 5.91 Å². The van der Waals surface area contributed by atoms with E-state index in [1.54, 1.807) is 0 Å². The van der Waals surface area contributed by atoms with Gasteiger partial charge in [0, 0.05) is 29.0 Å². The van der Waals surface area contributed by atoms with Crippen LogP contribution in [0.25, 0.3) is 0 Å². The molecule has 0 aliphatic carbocycles. The maximum atomic E-state index is 12.0. The number of nitrogens with one attached hydrogen (secondary N) is 1. The third-order valence-electron chi connectivity index (χ3n) is 3.62. The van der Waals surface area contributed by atoms with Gasteiger partial charge in [0.25, 0.3) is 0 Å². The summed E-state index contributed by atoms with van der Waals surface area (Å²) >= 11 is 6.28. The highest BCUT2D eigenvalue weighted by molar-refractivity contribution is 6.31. The first-order valence-corrected chi connectivity index (χ1v) is 7.07. The van der Waals surface area contributed by atoms with Gasteiger partial charge in [-0.25, -0.2) is 4.68 Å². The second-order valence-electron chi connectivity index (χ2n) is 5.31. The lowest BCUT2D eigenvalue weighted by atomic mass is 9.87. The van der Waals surface area contributed by atoms with Crippen molar-refractivity contribution in [3.8, 4) is 0 Å². The van der Waals surface area contributed by atoms with E-state index >= 15 is 0 Å². The normalized spacial score (nSPS) is 18.0. The second-order valence-corrected chi connectivity index (χ2v) is 5.72. The summed E-state index contributed by atoms with van der Waals surface area (Å²) in [5.74, 6) is 0.769. The molecule has 2 aromatic rings. The Balaban J connectivity index is 2.12. The molecule has 5 heteroatoms. The summed E-state index contributed by atoms with van der Waals surface area (Å²) in [4.78, 5) is 12.0. The molecular weight excluding hydrogens is 274 g/mol. The lowest BCUT2D eigenvalue weighted by Crippen LogP contribution is -2.25. The number of nitrogens with zero attached hydrogens (tertiary/aromatic N) is 2. The number of rotatable bonds is 2. The number of carbonyl (C=O) groups is 1. The van der Waals surface area contributed by atoms with E-state index < -0.39 is 0 Å². The van der Waals surface area contributed by atoms with Crippen molar-refractivity contribution < 1.29 is 4.79 Å². The fraction of sp³-hybridized carbons (Fsp3) is 0.333. The fourth-order valence-corrected chi connectivity index (χ4v) is 2.93. The number of hydrogen-bond donors (Lipinski definition) is 1. The summed E-state index contributed by atoms with van der Waals surface area (Å²) in [6.07, 6.45) is 2.24. The molecule has 0 saturated carbocycles. The van der Waals surface area contributed by atoms with Crippen LogP contribution in [0.15, 0.2) is 30.5 Å². The molecule has 3 rings (SSSR count). The van der Waals surface area contributed by atoms with Gasteiger partial charge in [0.1, 0.15) is 5.82 Å². The predicted octanol–water partition coefficient (Wildman–Crippen LogP) is 3.59. The number of fused-ring (bicyclic) bond motifs is 1. The summed E-state index contributed by atoms with van der Waals surface area (Å²) in [5.41, 5.74) is 2.01. The van der Waals surface area contributed by atoms with Gasteiger partial charge >= 0.3 is 0 Å². The molecule has 0 bridgehead atoms. The minimum Gasteiger partial charge on any atom is -0.311 e. The van der Waals surface area contributed by atoms with Crippen molar-refractivity contribution in [2.45, 2.75) is 32.2 Å². The summed E-state index contributed by atoms with van der Waals surface area (Å²) in [7, 11) is 0. The summed E-state index contributed by atoms with van der Waals surface area (Å²) in [6.45, 7) is 4.08. The molecule has 1 N–H and O–H groups in total. The molecule has 1 aromatic heterocycles. The first-order valence-electron chi connectivity index (χ1n) is 6.69. The molecule has 1 aromatic carbocycles. The minimum absolute atomic E-state index is 0.00446. The lowest BCUT2D eigenvalue weighted by molar-refractivity contribution is -0.116. The van der Waals surface area contributed by atoms with Crippen molar-refractivity contribution in [3.05, 3.63) is 46.6 Å². The van der Waals surface area contributed by atoms with Gasteiger partial charge in [-0.2, -0.15) is 5.10 Å². The van der Waals surface area contributed by atoms with E-state index in [4.69, 9.17) is 11.6 Å². The van der Waals surface area contributed by atoms with Crippen LogP contribution in [0.1, 0.15) is 43.4 Å². The Morgan fingerprint density at radius 2 is 2.10 bits per heavy atom. The monoisotopic (exact) mass is 289 g/mol. The van der Waals surface area contributed by atoms with Crippen LogP contribution in [0.2, 0.25) is 5.02 Å². The Morgan fingerprint density at radius 1 is 1.35 bits per heavy atom. The van der Waals surface area contributed by atoms with E-state index in [2.05, 4.69) is 10.4 Å².